The zero-order chi connectivity index (χ0) is 11.5. The highest BCUT2D eigenvalue weighted by Gasteiger charge is 2.20. The molecule has 1 aliphatic rings. The normalized spacial score (nSPS) is 16.4. The van der Waals surface area contributed by atoms with Gasteiger partial charge in [-0.1, -0.05) is 11.6 Å². The molecular weight excluding hydrogens is 259 g/mol. The summed E-state index contributed by atoms with van der Waals surface area (Å²) in [5.74, 6) is 0.725. The van der Waals surface area contributed by atoms with Crippen molar-refractivity contribution in [1.29, 1.82) is 0 Å². The molecule has 17 heavy (non-hydrogen) atoms. The number of anilines is 1. The molecule has 1 saturated heterocycles. The van der Waals surface area contributed by atoms with Crippen molar-refractivity contribution >= 4 is 30.0 Å². The van der Waals surface area contributed by atoms with Crippen LogP contribution in [0, 0.1) is 6.92 Å². The molecule has 0 atom stereocenters. The molecule has 1 aromatic rings. The molecule has 2 rings (SSSR count). The highest BCUT2D eigenvalue weighted by Crippen LogP contribution is 2.19. The Labute approximate surface area is 113 Å². The molecule has 1 fully saturated rings. The average molecular weight is 277 g/mol. The van der Waals surface area contributed by atoms with Crippen LogP contribution >= 0.6 is 24.0 Å². The zero-order valence-electron chi connectivity index (χ0n) is 10.1. The van der Waals surface area contributed by atoms with Crippen molar-refractivity contribution in [2.75, 3.05) is 25.0 Å². The molecule has 0 unspecified atom stereocenters. The van der Waals surface area contributed by atoms with Crippen LogP contribution < -0.4 is 10.2 Å². The lowest BCUT2D eigenvalue weighted by Gasteiger charge is -2.31. The highest BCUT2D eigenvalue weighted by atomic mass is 35.5. The number of hydrogen-bond acceptors (Lipinski definition) is 4. The predicted octanol–water partition coefficient (Wildman–Crippen LogP) is 2.05. The molecule has 6 heteroatoms. The van der Waals surface area contributed by atoms with Crippen molar-refractivity contribution in [2.24, 2.45) is 0 Å². The first-order valence-electron chi connectivity index (χ1n) is 5.61. The van der Waals surface area contributed by atoms with Gasteiger partial charge in [-0.05, 0) is 32.9 Å². The van der Waals surface area contributed by atoms with Crippen molar-refractivity contribution in [1.82, 2.24) is 15.3 Å². The van der Waals surface area contributed by atoms with E-state index >= 15 is 0 Å². The van der Waals surface area contributed by atoms with Gasteiger partial charge in [-0.2, -0.15) is 0 Å². The Morgan fingerprint density at radius 3 is 2.65 bits per heavy atom. The Morgan fingerprint density at radius 1 is 1.41 bits per heavy atom. The van der Waals surface area contributed by atoms with Crippen LogP contribution in [0.3, 0.4) is 0 Å². The summed E-state index contributed by atoms with van der Waals surface area (Å²) in [5, 5.41) is 3.90. The molecule has 0 radical (unpaired) electrons. The van der Waals surface area contributed by atoms with Crippen LogP contribution in [-0.2, 0) is 0 Å². The van der Waals surface area contributed by atoms with Crippen molar-refractivity contribution in [3.8, 4) is 0 Å². The summed E-state index contributed by atoms with van der Waals surface area (Å²) >= 11 is 6.01. The minimum Gasteiger partial charge on any atom is -0.341 e. The van der Waals surface area contributed by atoms with Crippen LogP contribution in [0.5, 0.6) is 0 Å². The largest absolute Gasteiger partial charge is 0.341 e. The molecule has 2 heterocycles. The summed E-state index contributed by atoms with van der Waals surface area (Å²) in [5.41, 5.74) is 0.920. The fraction of sp³-hybridized carbons (Fsp3) is 0.636. The quantitative estimate of drug-likeness (QED) is 0.840. The van der Waals surface area contributed by atoms with Gasteiger partial charge in [0.25, 0.3) is 0 Å². The second kappa shape index (κ2) is 6.38. The lowest BCUT2D eigenvalue weighted by Crippen LogP contribution is -2.41. The molecule has 1 N–H and O–H groups in total. The second-order valence-electron chi connectivity index (χ2n) is 4.24. The smallest absolute Gasteiger partial charge is 0.226 e. The highest BCUT2D eigenvalue weighted by molar-refractivity contribution is 6.30. The van der Waals surface area contributed by atoms with Gasteiger partial charge >= 0.3 is 0 Å². The lowest BCUT2D eigenvalue weighted by molar-refractivity contribution is 0.439. The van der Waals surface area contributed by atoms with Crippen molar-refractivity contribution in [3.05, 3.63) is 16.9 Å². The van der Waals surface area contributed by atoms with Crippen molar-refractivity contribution < 1.29 is 0 Å². The zero-order valence-corrected chi connectivity index (χ0v) is 11.7. The van der Waals surface area contributed by atoms with Crippen LogP contribution in [0.25, 0.3) is 0 Å². The van der Waals surface area contributed by atoms with Gasteiger partial charge in [0, 0.05) is 24.8 Å². The van der Waals surface area contributed by atoms with Gasteiger partial charge in [-0.3, -0.25) is 0 Å². The summed E-state index contributed by atoms with van der Waals surface area (Å²) in [7, 11) is 2.04. The minimum atomic E-state index is 0. The van der Waals surface area contributed by atoms with Crippen LogP contribution in [0.1, 0.15) is 18.4 Å². The van der Waals surface area contributed by atoms with E-state index in [9.17, 15) is 0 Å². The molecule has 1 aromatic heterocycles. The maximum Gasteiger partial charge on any atom is 0.226 e. The fourth-order valence-corrected chi connectivity index (χ4v) is 2.06. The molecule has 0 aliphatic carbocycles. The third-order valence-electron chi connectivity index (χ3n) is 3.07. The number of piperidine rings is 1. The van der Waals surface area contributed by atoms with E-state index in [1.165, 1.54) is 0 Å². The Kier molecular flexibility index (Phi) is 5.43. The molecule has 0 aromatic carbocycles. The summed E-state index contributed by atoms with van der Waals surface area (Å²) in [6.07, 6.45) is 4.04. The lowest BCUT2D eigenvalue weighted by atomic mass is 10.1. The van der Waals surface area contributed by atoms with Crippen LogP contribution in [0.2, 0.25) is 5.15 Å². The van der Waals surface area contributed by atoms with E-state index in [1.807, 2.05) is 14.0 Å². The summed E-state index contributed by atoms with van der Waals surface area (Å²) in [6.45, 7) is 4.04. The van der Waals surface area contributed by atoms with Gasteiger partial charge in [-0.25, -0.2) is 9.97 Å². The van der Waals surface area contributed by atoms with E-state index < -0.39 is 0 Å². The number of aryl methyl sites for hydroxylation is 1. The first kappa shape index (κ1) is 14.5. The van der Waals surface area contributed by atoms with E-state index in [2.05, 4.69) is 20.2 Å². The number of rotatable bonds is 2. The minimum absolute atomic E-state index is 0. The summed E-state index contributed by atoms with van der Waals surface area (Å²) in [4.78, 5) is 10.8. The van der Waals surface area contributed by atoms with Gasteiger partial charge in [0.1, 0.15) is 5.15 Å². The number of halogens is 2. The molecule has 4 nitrogen and oxygen atoms in total. The number of aromatic nitrogens is 2. The average Bonchev–Trinajstić information content (AvgIpc) is 2.33. The molecule has 0 spiro atoms. The van der Waals surface area contributed by atoms with E-state index in [4.69, 9.17) is 11.6 Å². The van der Waals surface area contributed by atoms with Gasteiger partial charge in [0.15, 0.2) is 0 Å². The number of nitrogens with one attached hydrogen (secondary N) is 1. The van der Waals surface area contributed by atoms with Gasteiger partial charge in [-0.15, -0.1) is 12.4 Å². The number of hydrogen-bond donors (Lipinski definition) is 1. The van der Waals surface area contributed by atoms with Gasteiger partial charge < -0.3 is 10.2 Å². The van der Waals surface area contributed by atoms with Crippen LogP contribution in [-0.4, -0.2) is 36.1 Å². The van der Waals surface area contributed by atoms with E-state index in [1.54, 1.807) is 6.20 Å². The first-order valence-corrected chi connectivity index (χ1v) is 5.99. The molecule has 96 valence electrons. The van der Waals surface area contributed by atoms with Crippen molar-refractivity contribution in [3.63, 3.8) is 0 Å². The molecule has 1 aliphatic heterocycles. The Morgan fingerprint density at radius 2 is 2.06 bits per heavy atom. The Bertz CT molecular complexity index is 366. The van der Waals surface area contributed by atoms with E-state index in [0.29, 0.717) is 11.2 Å². The number of nitrogens with zero attached hydrogens (tertiary/aromatic N) is 3. The van der Waals surface area contributed by atoms with Crippen LogP contribution in [0.4, 0.5) is 5.95 Å². The van der Waals surface area contributed by atoms with Gasteiger partial charge in [0.2, 0.25) is 5.95 Å². The maximum atomic E-state index is 6.01. The Balaban J connectivity index is 0.00000144. The summed E-state index contributed by atoms with van der Waals surface area (Å²) < 4.78 is 0. The third-order valence-corrected chi connectivity index (χ3v) is 3.45. The van der Waals surface area contributed by atoms with Crippen LogP contribution in [0.15, 0.2) is 6.20 Å². The SMILES string of the molecule is Cc1cnc(N(C)C2CCNCC2)nc1Cl.Cl. The first-order chi connectivity index (χ1) is 7.68. The van der Waals surface area contributed by atoms with E-state index in [-0.39, 0.29) is 12.4 Å². The topological polar surface area (TPSA) is 41.1 Å². The molecule has 0 amide bonds. The Hall–Kier alpha value is -0.580. The molecule has 0 saturated carbocycles. The fourth-order valence-electron chi connectivity index (χ4n) is 1.94. The third kappa shape index (κ3) is 3.44. The summed E-state index contributed by atoms with van der Waals surface area (Å²) in [6, 6.07) is 0.514. The van der Waals surface area contributed by atoms with Gasteiger partial charge in [0.05, 0.1) is 0 Å². The molecule has 0 bridgehead atoms. The molecular formula is C11H18Cl2N4. The second-order valence-corrected chi connectivity index (χ2v) is 4.59. The standard InChI is InChI=1S/C11H17ClN4.ClH/c1-8-7-14-11(15-10(8)12)16(2)9-3-5-13-6-4-9;/h7,9,13H,3-6H2,1-2H3;1H. The monoisotopic (exact) mass is 276 g/mol. The maximum absolute atomic E-state index is 6.01. The van der Waals surface area contributed by atoms with Crippen molar-refractivity contribution in [2.45, 2.75) is 25.8 Å². The van der Waals surface area contributed by atoms with E-state index in [0.717, 1.165) is 37.4 Å². The predicted molar refractivity (Wildman–Crippen MR) is 73.3 cm³/mol.